The third-order valence-electron chi connectivity index (χ3n) is 3.61. The fraction of sp³-hybridized carbons (Fsp3) is 0.250. The van der Waals surface area contributed by atoms with Crippen LogP contribution in [0.25, 0.3) is 0 Å². The summed E-state index contributed by atoms with van der Waals surface area (Å²) in [5.41, 5.74) is 5.93. The van der Waals surface area contributed by atoms with Crippen LogP contribution in [0.1, 0.15) is 24.2 Å². The van der Waals surface area contributed by atoms with E-state index in [-0.39, 0.29) is 6.61 Å². The number of benzene rings is 2. The van der Waals surface area contributed by atoms with Crippen LogP contribution in [0.3, 0.4) is 0 Å². The van der Waals surface area contributed by atoms with Crippen molar-refractivity contribution in [2.75, 3.05) is 18.5 Å². The molecule has 0 heterocycles. The summed E-state index contributed by atoms with van der Waals surface area (Å²) in [6.45, 7) is 3.55. The molecule has 1 atom stereocenters. The standard InChI is InChI=1S/C20H22N2O6/c1-3-26-16-8-10-17(11-9-16)27-12-18(23)28-13(2)20(25)22-15-6-4-14(5-7-15)19(21)24/h4-11,13H,3,12H2,1-2H3,(H2,21,24)(H,22,25). The molecule has 0 aromatic heterocycles. The van der Waals surface area contributed by atoms with E-state index in [4.69, 9.17) is 19.9 Å². The molecule has 2 amide bonds. The molecule has 0 aliphatic carbocycles. The summed E-state index contributed by atoms with van der Waals surface area (Å²) >= 11 is 0. The molecule has 0 aliphatic rings. The molecule has 8 nitrogen and oxygen atoms in total. The van der Waals surface area contributed by atoms with Crippen LogP contribution in [0.5, 0.6) is 11.5 Å². The molecule has 0 aliphatic heterocycles. The highest BCUT2D eigenvalue weighted by atomic mass is 16.6. The normalized spacial score (nSPS) is 11.2. The van der Waals surface area contributed by atoms with Crippen molar-refractivity contribution in [1.82, 2.24) is 0 Å². The van der Waals surface area contributed by atoms with Crippen LogP contribution in [0.2, 0.25) is 0 Å². The minimum Gasteiger partial charge on any atom is -0.494 e. The van der Waals surface area contributed by atoms with E-state index in [9.17, 15) is 14.4 Å². The van der Waals surface area contributed by atoms with Crippen LogP contribution in [0, 0.1) is 0 Å². The van der Waals surface area contributed by atoms with Crippen molar-refractivity contribution in [3.63, 3.8) is 0 Å². The first kappa shape index (κ1) is 20.8. The summed E-state index contributed by atoms with van der Waals surface area (Å²) in [6.07, 6.45) is -1.02. The molecule has 0 fully saturated rings. The van der Waals surface area contributed by atoms with Crippen molar-refractivity contribution in [2.45, 2.75) is 20.0 Å². The molecule has 148 valence electrons. The third kappa shape index (κ3) is 6.31. The molecule has 28 heavy (non-hydrogen) atoms. The Labute approximate surface area is 162 Å². The molecule has 8 heteroatoms. The summed E-state index contributed by atoms with van der Waals surface area (Å²) < 4.78 is 15.7. The molecule has 0 saturated carbocycles. The van der Waals surface area contributed by atoms with Gasteiger partial charge in [0.1, 0.15) is 11.5 Å². The maximum Gasteiger partial charge on any atom is 0.344 e. The Morgan fingerprint density at radius 3 is 2.07 bits per heavy atom. The molecule has 2 aromatic carbocycles. The van der Waals surface area contributed by atoms with Gasteiger partial charge in [0.05, 0.1) is 6.61 Å². The predicted octanol–water partition coefficient (Wildman–Crippen LogP) is 2.13. The Morgan fingerprint density at radius 1 is 0.964 bits per heavy atom. The van der Waals surface area contributed by atoms with Crippen LogP contribution in [-0.4, -0.2) is 37.1 Å². The second kappa shape index (κ2) is 9.96. The van der Waals surface area contributed by atoms with Gasteiger partial charge in [-0.1, -0.05) is 0 Å². The van der Waals surface area contributed by atoms with Crippen molar-refractivity contribution in [3.8, 4) is 11.5 Å². The average Bonchev–Trinajstić information content (AvgIpc) is 2.68. The summed E-state index contributed by atoms with van der Waals surface area (Å²) in [6, 6.07) is 12.8. The van der Waals surface area contributed by atoms with Crippen molar-refractivity contribution in [2.24, 2.45) is 5.73 Å². The van der Waals surface area contributed by atoms with Crippen molar-refractivity contribution in [3.05, 3.63) is 54.1 Å². The maximum absolute atomic E-state index is 12.1. The minimum atomic E-state index is -1.02. The predicted molar refractivity (Wildman–Crippen MR) is 102 cm³/mol. The number of primary amides is 1. The maximum atomic E-state index is 12.1. The van der Waals surface area contributed by atoms with E-state index >= 15 is 0 Å². The molecule has 2 aromatic rings. The number of carbonyl (C=O) groups is 3. The fourth-order valence-electron chi connectivity index (χ4n) is 2.19. The van der Waals surface area contributed by atoms with Gasteiger partial charge in [-0.25, -0.2) is 4.79 Å². The quantitative estimate of drug-likeness (QED) is 0.638. The van der Waals surface area contributed by atoms with Crippen LogP contribution >= 0.6 is 0 Å². The number of hydrogen-bond acceptors (Lipinski definition) is 6. The van der Waals surface area contributed by atoms with E-state index in [2.05, 4.69) is 5.32 Å². The number of anilines is 1. The van der Waals surface area contributed by atoms with E-state index in [0.29, 0.717) is 29.4 Å². The summed E-state index contributed by atoms with van der Waals surface area (Å²) in [7, 11) is 0. The largest absolute Gasteiger partial charge is 0.494 e. The second-order valence-electron chi connectivity index (χ2n) is 5.76. The van der Waals surface area contributed by atoms with Crippen LogP contribution in [-0.2, 0) is 14.3 Å². The lowest BCUT2D eigenvalue weighted by atomic mass is 10.2. The molecule has 0 spiro atoms. The van der Waals surface area contributed by atoms with Gasteiger partial charge >= 0.3 is 5.97 Å². The number of esters is 1. The monoisotopic (exact) mass is 386 g/mol. The highest BCUT2D eigenvalue weighted by Gasteiger charge is 2.18. The first-order valence-corrected chi connectivity index (χ1v) is 8.65. The summed E-state index contributed by atoms with van der Waals surface area (Å²) in [5, 5.41) is 2.58. The molecule has 0 saturated heterocycles. The van der Waals surface area contributed by atoms with Crippen LogP contribution < -0.4 is 20.5 Å². The number of nitrogens with two attached hydrogens (primary N) is 1. The smallest absolute Gasteiger partial charge is 0.344 e. The number of carbonyl (C=O) groups excluding carboxylic acids is 3. The SMILES string of the molecule is CCOc1ccc(OCC(=O)OC(C)C(=O)Nc2ccc(C(N)=O)cc2)cc1. The summed E-state index contributed by atoms with van der Waals surface area (Å²) in [4.78, 5) is 35.0. The lowest BCUT2D eigenvalue weighted by Gasteiger charge is -2.14. The molecule has 1 unspecified atom stereocenters. The number of amides is 2. The number of nitrogens with one attached hydrogen (secondary N) is 1. The van der Waals surface area contributed by atoms with Gasteiger partial charge in [0.2, 0.25) is 5.91 Å². The minimum absolute atomic E-state index is 0.323. The molecule has 0 radical (unpaired) electrons. The third-order valence-corrected chi connectivity index (χ3v) is 3.61. The van der Waals surface area contributed by atoms with Crippen LogP contribution in [0.15, 0.2) is 48.5 Å². The van der Waals surface area contributed by atoms with E-state index in [0.717, 1.165) is 0 Å². The van der Waals surface area contributed by atoms with Gasteiger partial charge in [0.15, 0.2) is 12.7 Å². The zero-order chi connectivity index (χ0) is 20.5. The van der Waals surface area contributed by atoms with Crippen molar-refractivity contribution in [1.29, 1.82) is 0 Å². The zero-order valence-corrected chi connectivity index (χ0v) is 15.6. The van der Waals surface area contributed by atoms with Gasteiger partial charge in [-0.05, 0) is 62.4 Å². The first-order chi connectivity index (χ1) is 13.4. The van der Waals surface area contributed by atoms with Gasteiger partial charge in [0, 0.05) is 11.3 Å². The van der Waals surface area contributed by atoms with Crippen molar-refractivity contribution >= 4 is 23.5 Å². The lowest BCUT2D eigenvalue weighted by Crippen LogP contribution is -2.31. The molecule has 0 bridgehead atoms. The topological polar surface area (TPSA) is 117 Å². The van der Waals surface area contributed by atoms with Gasteiger partial charge in [-0.2, -0.15) is 0 Å². The number of rotatable bonds is 9. The Bertz CT molecular complexity index is 818. The lowest BCUT2D eigenvalue weighted by molar-refractivity contribution is -0.155. The van der Waals surface area contributed by atoms with E-state index in [1.807, 2.05) is 6.92 Å². The highest BCUT2D eigenvalue weighted by molar-refractivity contribution is 5.96. The van der Waals surface area contributed by atoms with Gasteiger partial charge in [-0.3, -0.25) is 9.59 Å². The summed E-state index contributed by atoms with van der Waals surface area (Å²) in [5.74, 6) is -0.576. The van der Waals surface area contributed by atoms with E-state index in [1.54, 1.807) is 24.3 Å². The van der Waals surface area contributed by atoms with Crippen LogP contribution in [0.4, 0.5) is 5.69 Å². The van der Waals surface area contributed by atoms with E-state index < -0.39 is 23.9 Å². The molecular weight excluding hydrogens is 364 g/mol. The number of hydrogen-bond donors (Lipinski definition) is 2. The fourth-order valence-corrected chi connectivity index (χ4v) is 2.19. The van der Waals surface area contributed by atoms with E-state index in [1.165, 1.54) is 31.2 Å². The Balaban J connectivity index is 1.79. The Kier molecular flexibility index (Phi) is 7.38. The highest BCUT2D eigenvalue weighted by Crippen LogP contribution is 2.17. The Morgan fingerprint density at radius 2 is 1.54 bits per heavy atom. The molecular formula is C20H22N2O6. The molecule has 2 rings (SSSR count). The first-order valence-electron chi connectivity index (χ1n) is 8.65. The average molecular weight is 386 g/mol. The van der Waals surface area contributed by atoms with Gasteiger partial charge in [0.25, 0.3) is 5.91 Å². The van der Waals surface area contributed by atoms with Crippen molar-refractivity contribution < 1.29 is 28.6 Å². The Hall–Kier alpha value is -3.55. The second-order valence-corrected chi connectivity index (χ2v) is 5.76. The molecule has 3 N–H and O–H groups in total. The zero-order valence-electron chi connectivity index (χ0n) is 15.6. The van der Waals surface area contributed by atoms with Gasteiger partial charge < -0.3 is 25.3 Å². The van der Waals surface area contributed by atoms with Gasteiger partial charge in [-0.15, -0.1) is 0 Å². The number of ether oxygens (including phenoxy) is 3.